The fourth-order valence-electron chi connectivity index (χ4n) is 1.85. The van der Waals surface area contributed by atoms with Gasteiger partial charge in [0.15, 0.2) is 5.65 Å². The van der Waals surface area contributed by atoms with Crippen molar-refractivity contribution in [2.45, 2.75) is 13.5 Å². The quantitative estimate of drug-likeness (QED) is 0.582. The molecular formula is C10H10N6O2. The second-order valence-corrected chi connectivity index (χ2v) is 3.77. The number of fused-ring (bicyclic) bond motifs is 1. The van der Waals surface area contributed by atoms with E-state index in [4.69, 9.17) is 0 Å². The summed E-state index contributed by atoms with van der Waals surface area (Å²) in [5, 5.41) is 6.47. The van der Waals surface area contributed by atoms with Crippen LogP contribution in [0.4, 0.5) is 0 Å². The lowest BCUT2D eigenvalue weighted by molar-refractivity contribution is 0.720. The van der Waals surface area contributed by atoms with E-state index in [0.717, 1.165) is 5.56 Å². The Hall–Kier alpha value is -2.64. The van der Waals surface area contributed by atoms with Gasteiger partial charge in [0, 0.05) is 12.7 Å². The number of nitrogens with zero attached hydrogens (tertiary/aromatic N) is 3. The Morgan fingerprint density at radius 2 is 2.17 bits per heavy atom. The number of imidazole rings is 1. The number of aromatic nitrogens is 6. The number of aromatic amines is 3. The number of H-pyrrole nitrogens is 3. The second-order valence-electron chi connectivity index (χ2n) is 3.77. The van der Waals surface area contributed by atoms with Gasteiger partial charge in [-0.05, 0) is 6.92 Å². The van der Waals surface area contributed by atoms with E-state index in [9.17, 15) is 9.59 Å². The highest BCUT2D eigenvalue weighted by Gasteiger charge is 2.13. The lowest BCUT2D eigenvalue weighted by Gasteiger charge is -1.99. The van der Waals surface area contributed by atoms with Crippen molar-refractivity contribution in [1.29, 1.82) is 0 Å². The third-order valence-corrected chi connectivity index (χ3v) is 2.72. The van der Waals surface area contributed by atoms with E-state index in [0.29, 0.717) is 18.0 Å². The Labute approximate surface area is 99.7 Å². The van der Waals surface area contributed by atoms with Gasteiger partial charge in [0.1, 0.15) is 11.3 Å². The van der Waals surface area contributed by atoms with E-state index in [1.165, 1.54) is 4.57 Å². The molecule has 0 aromatic carbocycles. The van der Waals surface area contributed by atoms with E-state index in [-0.39, 0.29) is 5.52 Å². The van der Waals surface area contributed by atoms with E-state index < -0.39 is 11.2 Å². The lowest BCUT2D eigenvalue weighted by Crippen LogP contribution is -2.29. The van der Waals surface area contributed by atoms with Gasteiger partial charge in [0.25, 0.3) is 5.56 Å². The molecule has 18 heavy (non-hydrogen) atoms. The maximum absolute atomic E-state index is 11.7. The first-order chi connectivity index (χ1) is 8.70. The molecule has 3 N–H and O–H groups in total. The normalized spacial score (nSPS) is 11.2. The molecule has 3 rings (SSSR count). The Bertz CT molecular complexity index is 807. The molecule has 0 saturated carbocycles. The zero-order valence-corrected chi connectivity index (χ0v) is 9.52. The number of aryl methyl sites for hydroxylation is 1. The summed E-state index contributed by atoms with van der Waals surface area (Å²) in [5.74, 6) is 0.497. The lowest BCUT2D eigenvalue weighted by atomic mass is 10.3. The smallest absolute Gasteiger partial charge is 0.330 e. The van der Waals surface area contributed by atoms with Crippen molar-refractivity contribution in [3.8, 4) is 11.4 Å². The van der Waals surface area contributed by atoms with Gasteiger partial charge in [-0.2, -0.15) is 5.10 Å². The standard InChI is InChI=1S/C10H10N6O2/c1-2-16-8-6(9(17)15-10(16)18)13-7(14-8)5-3-11-12-4-5/h3-4H,2H2,1H3,(H,11,12)(H,13,14)(H,15,17,18). The molecule has 3 aromatic rings. The van der Waals surface area contributed by atoms with E-state index in [1.54, 1.807) is 12.4 Å². The second kappa shape index (κ2) is 3.69. The van der Waals surface area contributed by atoms with E-state index >= 15 is 0 Å². The Morgan fingerprint density at radius 3 is 2.83 bits per heavy atom. The summed E-state index contributed by atoms with van der Waals surface area (Å²) >= 11 is 0. The van der Waals surface area contributed by atoms with Crippen molar-refractivity contribution in [3.05, 3.63) is 33.2 Å². The summed E-state index contributed by atoms with van der Waals surface area (Å²) in [4.78, 5) is 32.7. The molecule has 0 spiro atoms. The van der Waals surface area contributed by atoms with Crippen molar-refractivity contribution in [2.24, 2.45) is 0 Å². The van der Waals surface area contributed by atoms with Crippen molar-refractivity contribution in [2.75, 3.05) is 0 Å². The summed E-state index contributed by atoms with van der Waals surface area (Å²) < 4.78 is 1.40. The summed E-state index contributed by atoms with van der Waals surface area (Å²) in [6, 6.07) is 0. The highest BCUT2D eigenvalue weighted by molar-refractivity contribution is 5.74. The number of nitrogens with one attached hydrogen (secondary N) is 3. The first-order valence-electron chi connectivity index (χ1n) is 5.42. The Balaban J connectivity index is 2.39. The molecule has 0 bridgehead atoms. The monoisotopic (exact) mass is 246 g/mol. The summed E-state index contributed by atoms with van der Waals surface area (Å²) in [7, 11) is 0. The van der Waals surface area contributed by atoms with Gasteiger partial charge in [-0.25, -0.2) is 9.78 Å². The molecule has 0 aliphatic heterocycles. The first kappa shape index (κ1) is 10.5. The van der Waals surface area contributed by atoms with Gasteiger partial charge in [-0.15, -0.1) is 0 Å². The van der Waals surface area contributed by atoms with Crippen molar-refractivity contribution in [3.63, 3.8) is 0 Å². The molecule has 0 aliphatic carbocycles. The molecule has 8 heteroatoms. The van der Waals surface area contributed by atoms with Crippen LogP contribution in [-0.2, 0) is 6.54 Å². The third-order valence-electron chi connectivity index (χ3n) is 2.72. The van der Waals surface area contributed by atoms with Crippen LogP contribution in [-0.4, -0.2) is 29.7 Å². The predicted molar refractivity (Wildman–Crippen MR) is 64.2 cm³/mol. The van der Waals surface area contributed by atoms with Crippen molar-refractivity contribution < 1.29 is 0 Å². The Morgan fingerprint density at radius 1 is 1.33 bits per heavy atom. The molecule has 92 valence electrons. The van der Waals surface area contributed by atoms with Gasteiger partial charge in [0.05, 0.1) is 11.8 Å². The van der Waals surface area contributed by atoms with Crippen LogP contribution < -0.4 is 11.2 Å². The maximum Gasteiger partial charge on any atom is 0.330 e. The molecule has 0 unspecified atom stereocenters. The molecule has 0 amide bonds. The average molecular weight is 246 g/mol. The van der Waals surface area contributed by atoms with Crippen LogP contribution >= 0.6 is 0 Å². The van der Waals surface area contributed by atoms with Crippen LogP contribution in [0.1, 0.15) is 6.92 Å². The molecule has 8 nitrogen and oxygen atoms in total. The largest absolute Gasteiger partial charge is 0.332 e. The first-order valence-corrected chi connectivity index (χ1v) is 5.42. The molecule has 0 saturated heterocycles. The van der Waals surface area contributed by atoms with Crippen LogP contribution in [0.2, 0.25) is 0 Å². The molecule has 0 radical (unpaired) electrons. The molecule has 0 atom stereocenters. The summed E-state index contributed by atoms with van der Waals surface area (Å²) in [6.07, 6.45) is 3.24. The minimum atomic E-state index is -0.470. The number of rotatable bonds is 2. The Kier molecular flexibility index (Phi) is 2.15. The average Bonchev–Trinajstić information content (AvgIpc) is 2.97. The summed E-state index contributed by atoms with van der Waals surface area (Å²) in [6.45, 7) is 2.24. The van der Waals surface area contributed by atoms with Crippen molar-refractivity contribution in [1.82, 2.24) is 29.7 Å². The minimum Gasteiger partial charge on any atom is -0.332 e. The summed E-state index contributed by atoms with van der Waals surface area (Å²) in [5.41, 5.74) is 0.429. The zero-order chi connectivity index (χ0) is 12.7. The van der Waals surface area contributed by atoms with Gasteiger partial charge >= 0.3 is 5.69 Å². The molecule has 3 heterocycles. The van der Waals surface area contributed by atoms with Gasteiger partial charge in [-0.1, -0.05) is 0 Å². The van der Waals surface area contributed by atoms with Gasteiger partial charge in [0.2, 0.25) is 0 Å². The molecule has 3 aromatic heterocycles. The fraction of sp³-hybridized carbons (Fsp3) is 0.200. The van der Waals surface area contributed by atoms with Crippen LogP contribution in [0.5, 0.6) is 0 Å². The topological polar surface area (TPSA) is 112 Å². The van der Waals surface area contributed by atoms with Gasteiger partial charge < -0.3 is 4.98 Å². The molecule has 0 aliphatic rings. The van der Waals surface area contributed by atoms with Crippen LogP contribution in [0, 0.1) is 0 Å². The van der Waals surface area contributed by atoms with Gasteiger partial charge in [-0.3, -0.25) is 19.4 Å². The fourth-order valence-corrected chi connectivity index (χ4v) is 1.85. The maximum atomic E-state index is 11.7. The predicted octanol–water partition coefficient (Wildman–Crippen LogP) is -0.177. The minimum absolute atomic E-state index is 0.285. The number of hydrogen-bond acceptors (Lipinski definition) is 4. The molecular weight excluding hydrogens is 236 g/mol. The van der Waals surface area contributed by atoms with E-state index in [2.05, 4.69) is 25.1 Å². The van der Waals surface area contributed by atoms with Crippen LogP contribution in [0.15, 0.2) is 22.0 Å². The number of hydrogen-bond donors (Lipinski definition) is 3. The SMILES string of the molecule is CCn1c(=O)[nH]c(=O)c2[nH]c(-c3cn[nH]c3)nc21. The third kappa shape index (κ3) is 1.39. The highest BCUT2D eigenvalue weighted by Crippen LogP contribution is 2.15. The van der Waals surface area contributed by atoms with Crippen LogP contribution in [0.25, 0.3) is 22.6 Å². The molecule has 0 fully saturated rings. The van der Waals surface area contributed by atoms with E-state index in [1.807, 2.05) is 6.92 Å². The van der Waals surface area contributed by atoms with Crippen LogP contribution in [0.3, 0.4) is 0 Å². The zero-order valence-electron chi connectivity index (χ0n) is 9.52. The van der Waals surface area contributed by atoms with Crippen molar-refractivity contribution >= 4 is 11.2 Å². The highest BCUT2D eigenvalue weighted by atomic mass is 16.2.